The molecule has 0 atom stereocenters. The van der Waals surface area contributed by atoms with Gasteiger partial charge in [0, 0.05) is 19.8 Å². The number of ether oxygens (including phenoxy) is 1. The lowest BCUT2D eigenvalue weighted by Gasteiger charge is -2.10. The monoisotopic (exact) mass is 287 g/mol. The summed E-state index contributed by atoms with van der Waals surface area (Å²) in [4.78, 5) is 11.5. The summed E-state index contributed by atoms with van der Waals surface area (Å²) in [6.45, 7) is 2.74. The zero-order valence-corrected chi connectivity index (χ0v) is 12.7. The third-order valence-corrected chi connectivity index (χ3v) is 3.39. The van der Waals surface area contributed by atoms with Crippen molar-refractivity contribution in [1.82, 2.24) is 9.78 Å². The number of carbonyl (C=O) groups excluding carboxylic acids is 1. The van der Waals surface area contributed by atoms with E-state index in [9.17, 15) is 4.79 Å². The number of hydrogen-bond donors (Lipinski definition) is 1. The first-order chi connectivity index (χ1) is 10.1. The largest absolute Gasteiger partial charge is 0.469 e. The van der Waals surface area contributed by atoms with Crippen LogP contribution in [0.4, 0.5) is 5.69 Å². The van der Waals surface area contributed by atoms with Gasteiger partial charge in [0.15, 0.2) is 0 Å². The van der Waals surface area contributed by atoms with Gasteiger partial charge in [-0.05, 0) is 17.5 Å². The van der Waals surface area contributed by atoms with Crippen molar-refractivity contribution < 1.29 is 9.53 Å². The number of aromatic nitrogens is 2. The molecule has 0 saturated carbocycles. The van der Waals surface area contributed by atoms with Gasteiger partial charge in [0.05, 0.1) is 24.9 Å². The van der Waals surface area contributed by atoms with Crippen LogP contribution < -0.4 is 5.32 Å². The smallest absolute Gasteiger partial charge is 0.309 e. The van der Waals surface area contributed by atoms with Crippen LogP contribution in [0, 0.1) is 0 Å². The molecule has 0 fully saturated rings. The number of nitrogens with one attached hydrogen (secondary N) is 1. The highest BCUT2D eigenvalue weighted by atomic mass is 16.5. The molecule has 0 aliphatic carbocycles. The number of aryl methyl sites for hydroxylation is 2. The fourth-order valence-electron chi connectivity index (χ4n) is 2.26. The van der Waals surface area contributed by atoms with Crippen molar-refractivity contribution in [2.24, 2.45) is 7.05 Å². The maximum atomic E-state index is 11.5. The van der Waals surface area contributed by atoms with E-state index in [1.54, 1.807) is 0 Å². The van der Waals surface area contributed by atoms with Gasteiger partial charge >= 0.3 is 5.97 Å². The van der Waals surface area contributed by atoms with Crippen molar-refractivity contribution in [3.63, 3.8) is 0 Å². The van der Waals surface area contributed by atoms with Crippen LogP contribution in [-0.2, 0) is 36.0 Å². The van der Waals surface area contributed by atoms with Gasteiger partial charge in [0.1, 0.15) is 0 Å². The highest BCUT2D eigenvalue weighted by Crippen LogP contribution is 2.17. The van der Waals surface area contributed by atoms with Crippen LogP contribution in [-0.4, -0.2) is 22.9 Å². The minimum Gasteiger partial charge on any atom is -0.469 e. The molecule has 1 heterocycles. The number of anilines is 1. The van der Waals surface area contributed by atoms with E-state index in [1.807, 2.05) is 42.2 Å². The molecule has 1 N–H and O–H groups in total. The van der Waals surface area contributed by atoms with E-state index in [-0.39, 0.29) is 5.97 Å². The lowest BCUT2D eigenvalue weighted by atomic mass is 10.0. The molecule has 0 bridgehead atoms. The van der Waals surface area contributed by atoms with Gasteiger partial charge in [0.25, 0.3) is 0 Å². The van der Waals surface area contributed by atoms with Gasteiger partial charge in [-0.2, -0.15) is 5.10 Å². The number of methoxy groups -OCH3 is 1. The molecule has 0 radical (unpaired) electrons. The van der Waals surface area contributed by atoms with Crippen molar-refractivity contribution in [2.45, 2.75) is 26.3 Å². The number of nitrogens with zero attached hydrogens (tertiary/aromatic N) is 2. The Kier molecular flexibility index (Phi) is 4.98. The summed E-state index contributed by atoms with van der Waals surface area (Å²) in [5.41, 5.74) is 4.16. The number of hydrogen-bond acceptors (Lipinski definition) is 4. The molecule has 2 rings (SSSR count). The Balaban J connectivity index is 2.10. The summed E-state index contributed by atoms with van der Waals surface area (Å²) in [5.74, 6) is -0.224. The first-order valence-corrected chi connectivity index (χ1v) is 7.04. The summed E-state index contributed by atoms with van der Waals surface area (Å²) in [7, 11) is 3.32. The maximum absolute atomic E-state index is 11.5. The Morgan fingerprint density at radius 2 is 2.05 bits per heavy atom. The Morgan fingerprint density at radius 3 is 2.71 bits per heavy atom. The van der Waals surface area contributed by atoms with Crippen molar-refractivity contribution in [1.29, 1.82) is 0 Å². The third kappa shape index (κ3) is 3.84. The summed E-state index contributed by atoms with van der Waals surface area (Å²) in [6, 6.07) is 7.89. The second-order valence-electron chi connectivity index (χ2n) is 4.89. The predicted molar refractivity (Wildman–Crippen MR) is 82.1 cm³/mol. The maximum Gasteiger partial charge on any atom is 0.309 e. The molecule has 1 aromatic heterocycles. The van der Waals surface area contributed by atoms with Crippen LogP contribution in [0.25, 0.3) is 0 Å². The molecule has 1 aromatic carbocycles. The molecular weight excluding hydrogens is 266 g/mol. The van der Waals surface area contributed by atoms with Gasteiger partial charge in [0.2, 0.25) is 0 Å². The van der Waals surface area contributed by atoms with Crippen LogP contribution in [0.15, 0.2) is 30.5 Å². The van der Waals surface area contributed by atoms with E-state index >= 15 is 0 Å². The zero-order chi connectivity index (χ0) is 15.2. The quantitative estimate of drug-likeness (QED) is 0.828. The summed E-state index contributed by atoms with van der Waals surface area (Å²) in [6.07, 6.45) is 3.15. The molecular formula is C16H21N3O2. The molecule has 21 heavy (non-hydrogen) atoms. The van der Waals surface area contributed by atoms with Crippen LogP contribution in [0.1, 0.15) is 23.7 Å². The lowest BCUT2D eigenvalue weighted by Crippen LogP contribution is -2.09. The summed E-state index contributed by atoms with van der Waals surface area (Å²) >= 11 is 0. The van der Waals surface area contributed by atoms with Gasteiger partial charge in [-0.1, -0.05) is 31.2 Å². The molecule has 0 amide bonds. The van der Waals surface area contributed by atoms with Crippen molar-refractivity contribution in [3.8, 4) is 0 Å². The van der Waals surface area contributed by atoms with E-state index in [4.69, 9.17) is 4.74 Å². The van der Waals surface area contributed by atoms with Crippen molar-refractivity contribution >= 4 is 11.7 Å². The first kappa shape index (κ1) is 15.1. The van der Waals surface area contributed by atoms with Gasteiger partial charge in [-0.25, -0.2) is 0 Å². The van der Waals surface area contributed by atoms with Crippen LogP contribution in [0.2, 0.25) is 0 Å². The fraction of sp³-hybridized carbons (Fsp3) is 0.375. The molecule has 0 unspecified atom stereocenters. The minimum absolute atomic E-state index is 0.224. The van der Waals surface area contributed by atoms with Crippen molar-refractivity contribution in [3.05, 3.63) is 47.3 Å². The normalized spacial score (nSPS) is 10.4. The van der Waals surface area contributed by atoms with E-state index < -0.39 is 0 Å². The molecule has 5 nitrogen and oxygen atoms in total. The molecule has 0 aliphatic heterocycles. The second kappa shape index (κ2) is 6.92. The highest BCUT2D eigenvalue weighted by molar-refractivity contribution is 5.73. The second-order valence-corrected chi connectivity index (χ2v) is 4.89. The molecule has 0 spiro atoms. The SMILES string of the molecule is CCc1nn(C)cc1NCc1ccccc1CC(=O)OC. The highest BCUT2D eigenvalue weighted by Gasteiger charge is 2.09. The molecule has 2 aromatic rings. The predicted octanol–water partition coefficient (Wildman–Crippen LogP) is 2.31. The summed E-state index contributed by atoms with van der Waals surface area (Å²) < 4.78 is 6.55. The minimum atomic E-state index is -0.224. The third-order valence-electron chi connectivity index (χ3n) is 3.39. The van der Waals surface area contributed by atoms with Gasteiger partial charge < -0.3 is 10.1 Å². The number of rotatable bonds is 6. The van der Waals surface area contributed by atoms with E-state index in [2.05, 4.69) is 17.3 Å². The lowest BCUT2D eigenvalue weighted by molar-refractivity contribution is -0.139. The van der Waals surface area contributed by atoms with Crippen LogP contribution >= 0.6 is 0 Å². The topological polar surface area (TPSA) is 56.2 Å². The van der Waals surface area contributed by atoms with E-state index in [1.165, 1.54) is 7.11 Å². The fourth-order valence-corrected chi connectivity index (χ4v) is 2.26. The van der Waals surface area contributed by atoms with Crippen molar-refractivity contribution in [2.75, 3.05) is 12.4 Å². The van der Waals surface area contributed by atoms with Crippen LogP contribution in [0.5, 0.6) is 0 Å². The standard InChI is InChI=1S/C16H21N3O2/c1-4-14-15(11-19(2)18-14)17-10-13-8-6-5-7-12(13)9-16(20)21-3/h5-8,11,17H,4,9-10H2,1-3H3. The Morgan fingerprint density at radius 1 is 1.33 bits per heavy atom. The molecule has 0 saturated heterocycles. The Hall–Kier alpha value is -2.30. The summed E-state index contributed by atoms with van der Waals surface area (Å²) in [5, 5.41) is 7.80. The molecule has 112 valence electrons. The Labute approximate surface area is 124 Å². The number of esters is 1. The molecule has 5 heteroatoms. The van der Waals surface area contributed by atoms with Gasteiger partial charge in [-0.15, -0.1) is 0 Å². The number of carbonyl (C=O) groups is 1. The van der Waals surface area contributed by atoms with Gasteiger partial charge in [-0.3, -0.25) is 9.48 Å². The molecule has 0 aliphatic rings. The number of benzene rings is 1. The average Bonchev–Trinajstić information content (AvgIpc) is 2.86. The van der Waals surface area contributed by atoms with E-state index in [0.717, 1.165) is 28.9 Å². The Bertz CT molecular complexity index is 620. The zero-order valence-electron chi connectivity index (χ0n) is 12.7. The van der Waals surface area contributed by atoms with Crippen LogP contribution in [0.3, 0.4) is 0 Å². The average molecular weight is 287 g/mol. The van der Waals surface area contributed by atoms with E-state index in [0.29, 0.717) is 13.0 Å². The first-order valence-electron chi connectivity index (χ1n) is 7.04.